The number of nitrogens with zero attached hydrogens (tertiary/aromatic N) is 2. The van der Waals surface area contributed by atoms with E-state index in [1.807, 2.05) is 0 Å². The van der Waals surface area contributed by atoms with Crippen LogP contribution in [-0.2, 0) is 0 Å². The Labute approximate surface area is 140 Å². The molecule has 124 valence electrons. The van der Waals surface area contributed by atoms with Gasteiger partial charge < -0.3 is 10.2 Å². The summed E-state index contributed by atoms with van der Waals surface area (Å²) in [6.45, 7) is 7.20. The van der Waals surface area contributed by atoms with Gasteiger partial charge in [0.15, 0.2) is 0 Å². The lowest BCUT2D eigenvalue weighted by atomic mass is 9.82. The highest BCUT2D eigenvalue weighted by atomic mass is 15.3. The third-order valence-corrected chi connectivity index (χ3v) is 7.11. The van der Waals surface area contributed by atoms with Crippen molar-refractivity contribution in [2.45, 2.75) is 50.7 Å². The molecule has 0 amide bonds. The van der Waals surface area contributed by atoms with E-state index in [4.69, 9.17) is 0 Å². The van der Waals surface area contributed by atoms with E-state index in [2.05, 4.69) is 46.3 Å². The van der Waals surface area contributed by atoms with Gasteiger partial charge in [-0.25, -0.2) is 0 Å². The molecule has 0 unspecified atom stereocenters. The van der Waals surface area contributed by atoms with E-state index < -0.39 is 0 Å². The first kappa shape index (κ1) is 14.3. The summed E-state index contributed by atoms with van der Waals surface area (Å²) in [4.78, 5) is 5.58. The van der Waals surface area contributed by atoms with Gasteiger partial charge in [0.2, 0.25) is 0 Å². The maximum atomic E-state index is 3.65. The van der Waals surface area contributed by atoms with E-state index in [1.54, 1.807) is 0 Å². The quantitative estimate of drug-likeness (QED) is 0.906. The summed E-state index contributed by atoms with van der Waals surface area (Å²) >= 11 is 0. The summed E-state index contributed by atoms with van der Waals surface area (Å²) in [6, 6.07) is 11.7. The number of piperidine rings is 1. The molecule has 1 aromatic rings. The second-order valence-electron chi connectivity index (χ2n) is 8.20. The molecule has 5 rings (SSSR count). The number of aryl methyl sites for hydroxylation is 1. The van der Waals surface area contributed by atoms with Crippen molar-refractivity contribution in [3.63, 3.8) is 0 Å². The normalized spacial score (nSPS) is 37.5. The van der Waals surface area contributed by atoms with E-state index in [-0.39, 0.29) is 0 Å². The molecule has 4 saturated heterocycles. The Balaban J connectivity index is 1.26. The third-order valence-electron chi connectivity index (χ3n) is 7.11. The van der Waals surface area contributed by atoms with Gasteiger partial charge in [-0.1, -0.05) is 17.7 Å². The van der Waals surface area contributed by atoms with Gasteiger partial charge in [0.1, 0.15) is 0 Å². The molecule has 1 N–H and O–H groups in total. The Kier molecular flexibility index (Phi) is 3.41. The number of benzene rings is 1. The maximum Gasteiger partial charge on any atom is 0.0366 e. The Bertz CT molecular complexity index is 543. The molecule has 3 heteroatoms. The molecular formula is C20H29N3. The molecule has 0 spiro atoms. The molecular weight excluding hydrogens is 282 g/mol. The van der Waals surface area contributed by atoms with Crippen molar-refractivity contribution in [1.82, 2.24) is 10.2 Å². The standard InChI is InChI=1S/C20H29N3/c1-14-2-4-15(5-3-14)22-10-8-16(9-11-22)23-19-6-7-20(23)18-13-21-12-17(18)19/h2-5,16-21H,6-13H2,1H3/t17-,18+,19-,20+. The van der Waals surface area contributed by atoms with E-state index in [9.17, 15) is 0 Å². The minimum atomic E-state index is 0.847. The predicted molar refractivity (Wildman–Crippen MR) is 94.9 cm³/mol. The molecule has 0 saturated carbocycles. The minimum absolute atomic E-state index is 0.847. The fourth-order valence-electron chi connectivity index (χ4n) is 6.04. The molecule has 4 aliphatic rings. The highest BCUT2D eigenvalue weighted by Crippen LogP contribution is 2.49. The highest BCUT2D eigenvalue weighted by Gasteiger charge is 2.56. The van der Waals surface area contributed by atoms with Gasteiger partial charge >= 0.3 is 0 Å². The van der Waals surface area contributed by atoms with Crippen molar-refractivity contribution in [2.24, 2.45) is 11.8 Å². The van der Waals surface area contributed by atoms with Crippen molar-refractivity contribution >= 4 is 5.69 Å². The summed E-state index contributed by atoms with van der Waals surface area (Å²) in [5.41, 5.74) is 2.77. The Morgan fingerprint density at radius 2 is 1.48 bits per heavy atom. The van der Waals surface area contributed by atoms with Crippen molar-refractivity contribution < 1.29 is 0 Å². The molecule has 1 aromatic carbocycles. The maximum absolute atomic E-state index is 3.65. The van der Waals surface area contributed by atoms with E-state index in [0.29, 0.717) is 0 Å². The minimum Gasteiger partial charge on any atom is -0.371 e. The predicted octanol–water partition coefficient (Wildman–Crippen LogP) is 2.65. The van der Waals surface area contributed by atoms with Gasteiger partial charge in [-0.05, 0) is 69.7 Å². The summed E-state index contributed by atoms with van der Waals surface area (Å²) < 4.78 is 0. The van der Waals surface area contributed by atoms with Gasteiger partial charge in [0.25, 0.3) is 0 Å². The summed E-state index contributed by atoms with van der Waals surface area (Å²) in [5, 5.41) is 3.65. The van der Waals surface area contributed by atoms with Crippen LogP contribution in [0.1, 0.15) is 31.2 Å². The average Bonchev–Trinajstić information content (AvgIpc) is 3.28. The van der Waals surface area contributed by atoms with E-state index >= 15 is 0 Å². The van der Waals surface area contributed by atoms with Crippen LogP contribution in [0.5, 0.6) is 0 Å². The fourth-order valence-corrected chi connectivity index (χ4v) is 6.04. The smallest absolute Gasteiger partial charge is 0.0366 e. The highest BCUT2D eigenvalue weighted by molar-refractivity contribution is 5.47. The van der Waals surface area contributed by atoms with Crippen LogP contribution < -0.4 is 10.2 Å². The molecule has 4 aliphatic heterocycles. The topological polar surface area (TPSA) is 18.5 Å². The van der Waals surface area contributed by atoms with Crippen LogP contribution in [0.15, 0.2) is 24.3 Å². The molecule has 0 radical (unpaired) electrons. The summed E-state index contributed by atoms with van der Waals surface area (Å²) in [5.74, 6) is 1.92. The molecule has 3 nitrogen and oxygen atoms in total. The SMILES string of the molecule is Cc1ccc(N2CCC(N3[C@@H]4CC[C@H]3[C@H]3CNC[C@H]34)CC2)cc1. The zero-order chi connectivity index (χ0) is 15.4. The monoisotopic (exact) mass is 311 g/mol. The molecule has 4 heterocycles. The second kappa shape index (κ2) is 5.49. The van der Waals surface area contributed by atoms with Crippen LogP contribution in [0.2, 0.25) is 0 Å². The van der Waals surface area contributed by atoms with Crippen molar-refractivity contribution in [3.05, 3.63) is 29.8 Å². The average molecular weight is 311 g/mol. The molecule has 23 heavy (non-hydrogen) atoms. The number of nitrogens with one attached hydrogen (secondary N) is 1. The molecule has 0 aliphatic carbocycles. The van der Waals surface area contributed by atoms with Crippen LogP contribution in [-0.4, -0.2) is 49.2 Å². The number of rotatable bonds is 2. The first-order valence-electron chi connectivity index (χ1n) is 9.61. The molecule has 4 atom stereocenters. The van der Waals surface area contributed by atoms with Gasteiger partial charge in [0.05, 0.1) is 0 Å². The van der Waals surface area contributed by atoms with Crippen molar-refractivity contribution in [3.8, 4) is 0 Å². The first-order valence-corrected chi connectivity index (χ1v) is 9.61. The van der Waals surface area contributed by atoms with Crippen molar-refractivity contribution in [1.29, 1.82) is 0 Å². The largest absolute Gasteiger partial charge is 0.371 e. The van der Waals surface area contributed by atoms with Crippen LogP contribution in [0.3, 0.4) is 0 Å². The number of hydrogen-bond acceptors (Lipinski definition) is 3. The van der Waals surface area contributed by atoms with Gasteiger partial charge in [-0.15, -0.1) is 0 Å². The Morgan fingerprint density at radius 3 is 2.09 bits per heavy atom. The Hall–Kier alpha value is -1.06. The molecule has 4 fully saturated rings. The van der Waals surface area contributed by atoms with Crippen LogP contribution >= 0.6 is 0 Å². The van der Waals surface area contributed by atoms with Crippen molar-refractivity contribution in [2.75, 3.05) is 31.1 Å². The van der Waals surface area contributed by atoms with Crippen LogP contribution in [0.4, 0.5) is 5.69 Å². The Morgan fingerprint density at radius 1 is 0.870 bits per heavy atom. The van der Waals surface area contributed by atoms with E-state index in [1.165, 1.54) is 63.1 Å². The third kappa shape index (κ3) is 2.24. The second-order valence-corrected chi connectivity index (χ2v) is 8.20. The molecule has 2 bridgehead atoms. The lowest BCUT2D eigenvalue weighted by Crippen LogP contribution is -2.48. The zero-order valence-corrected chi connectivity index (χ0v) is 14.2. The fraction of sp³-hybridized carbons (Fsp3) is 0.700. The zero-order valence-electron chi connectivity index (χ0n) is 14.2. The summed E-state index contributed by atoms with van der Waals surface area (Å²) in [7, 11) is 0. The van der Waals surface area contributed by atoms with Gasteiger partial charge in [0, 0.05) is 36.9 Å². The number of hydrogen-bond donors (Lipinski definition) is 1. The van der Waals surface area contributed by atoms with Crippen LogP contribution in [0.25, 0.3) is 0 Å². The van der Waals surface area contributed by atoms with Gasteiger partial charge in [-0.3, -0.25) is 4.90 Å². The number of anilines is 1. The van der Waals surface area contributed by atoms with E-state index in [0.717, 1.165) is 30.0 Å². The van der Waals surface area contributed by atoms with Gasteiger partial charge in [-0.2, -0.15) is 0 Å². The lowest BCUT2D eigenvalue weighted by molar-refractivity contribution is 0.134. The summed E-state index contributed by atoms with van der Waals surface area (Å²) in [6.07, 6.45) is 5.64. The van der Waals surface area contributed by atoms with Crippen LogP contribution in [0, 0.1) is 18.8 Å². The lowest BCUT2D eigenvalue weighted by Gasteiger charge is -2.40. The molecule has 0 aromatic heterocycles. The number of fused-ring (bicyclic) bond motifs is 5. The first-order chi connectivity index (χ1) is 11.3.